The summed E-state index contributed by atoms with van der Waals surface area (Å²) >= 11 is 1.72. The van der Waals surface area contributed by atoms with Crippen molar-refractivity contribution in [3.63, 3.8) is 0 Å². The van der Waals surface area contributed by atoms with Gasteiger partial charge in [-0.15, -0.1) is 0 Å². The largest absolute Gasteiger partial charge is 0.326 e. The van der Waals surface area contributed by atoms with Crippen LogP contribution in [0.1, 0.15) is 51.0 Å². The van der Waals surface area contributed by atoms with E-state index in [1.165, 1.54) is 32.1 Å². The Kier molecular flexibility index (Phi) is 5.91. The number of amides is 1. The fraction of sp³-hybridized carbons (Fsp3) is 0.500. The Morgan fingerprint density at radius 1 is 1.29 bits per heavy atom. The molecule has 1 aliphatic heterocycles. The fourth-order valence-electron chi connectivity index (χ4n) is 2.90. The zero-order valence-corrected chi connectivity index (χ0v) is 14.9. The number of thioether (sulfide) groups is 1. The molecular weight excluding hydrogens is 320 g/mol. The number of anilines is 1. The number of benzene rings is 1. The van der Waals surface area contributed by atoms with Gasteiger partial charge in [-0.25, -0.2) is 0 Å². The van der Waals surface area contributed by atoms with Gasteiger partial charge in [-0.05, 0) is 30.5 Å². The van der Waals surface area contributed by atoms with Crippen molar-refractivity contribution in [2.75, 3.05) is 11.1 Å². The van der Waals surface area contributed by atoms with E-state index in [0.717, 1.165) is 27.9 Å². The number of carbonyl (C=O) groups excluding carboxylic acids is 1. The number of hydrogen-bond acceptors (Lipinski definition) is 4. The van der Waals surface area contributed by atoms with Gasteiger partial charge in [0, 0.05) is 17.9 Å². The Bertz CT molecular complexity index is 633. The highest BCUT2D eigenvalue weighted by Crippen LogP contribution is 2.22. The second-order valence-electron chi connectivity index (χ2n) is 6.16. The highest BCUT2D eigenvalue weighted by atomic mass is 32.2. The summed E-state index contributed by atoms with van der Waals surface area (Å²) in [7, 11) is 0. The number of nitrogens with zero attached hydrogens (tertiary/aromatic N) is 2. The van der Waals surface area contributed by atoms with Crippen LogP contribution in [0.3, 0.4) is 0 Å². The quantitative estimate of drug-likeness (QED) is 0.874. The summed E-state index contributed by atoms with van der Waals surface area (Å²) < 4.78 is 0. The number of amidine groups is 1. The summed E-state index contributed by atoms with van der Waals surface area (Å²) in [5, 5.41) is 8.28. The molecule has 1 fully saturated rings. The highest BCUT2D eigenvalue weighted by Gasteiger charge is 2.17. The maximum Gasteiger partial charge on any atom is 0.224 e. The van der Waals surface area contributed by atoms with E-state index in [2.05, 4.69) is 15.8 Å². The zero-order chi connectivity index (χ0) is 16.8. The zero-order valence-electron chi connectivity index (χ0n) is 14.0. The van der Waals surface area contributed by atoms with Gasteiger partial charge in [-0.2, -0.15) is 5.10 Å². The maximum atomic E-state index is 11.4. The molecule has 0 saturated heterocycles. The first-order chi connectivity index (χ1) is 11.7. The van der Waals surface area contributed by atoms with Crippen molar-refractivity contribution >= 4 is 34.2 Å². The van der Waals surface area contributed by atoms with Gasteiger partial charge in [0.15, 0.2) is 5.17 Å². The molecule has 2 aliphatic rings. The van der Waals surface area contributed by atoms with Gasteiger partial charge < -0.3 is 5.32 Å². The second-order valence-corrected chi connectivity index (χ2v) is 7.13. The molecule has 0 aromatic heterocycles. The molecule has 3 rings (SSSR count). The van der Waals surface area contributed by atoms with Crippen molar-refractivity contribution in [3.05, 3.63) is 29.8 Å². The smallest absolute Gasteiger partial charge is 0.224 e. The minimum atomic E-state index is 0.0264. The normalized spacial score (nSPS) is 20.4. The Morgan fingerprint density at radius 3 is 2.67 bits per heavy atom. The first kappa shape index (κ1) is 17.0. The van der Waals surface area contributed by atoms with Crippen molar-refractivity contribution < 1.29 is 4.79 Å². The molecule has 6 heteroatoms. The topological polar surface area (TPSA) is 65.8 Å². The first-order valence-electron chi connectivity index (χ1n) is 8.68. The molecule has 1 saturated carbocycles. The molecule has 128 valence electrons. The van der Waals surface area contributed by atoms with Crippen molar-refractivity contribution in [3.8, 4) is 0 Å². The van der Waals surface area contributed by atoms with Crippen LogP contribution >= 0.6 is 11.8 Å². The average molecular weight is 344 g/mol. The van der Waals surface area contributed by atoms with Gasteiger partial charge >= 0.3 is 0 Å². The molecular formula is C18H24N4OS. The van der Waals surface area contributed by atoms with Crippen LogP contribution in [-0.4, -0.2) is 28.6 Å². The molecule has 24 heavy (non-hydrogen) atoms. The molecule has 1 amide bonds. The minimum absolute atomic E-state index is 0.0264. The molecule has 0 atom stereocenters. The van der Waals surface area contributed by atoms with E-state index >= 15 is 0 Å². The Hall–Kier alpha value is -1.82. The molecule has 0 bridgehead atoms. The number of hydrogen-bond donors (Lipinski definition) is 2. The molecule has 1 aliphatic carbocycles. The van der Waals surface area contributed by atoms with Gasteiger partial charge in [-0.3, -0.25) is 15.2 Å². The summed E-state index contributed by atoms with van der Waals surface area (Å²) in [5.41, 5.74) is 6.00. The third-order valence-electron chi connectivity index (χ3n) is 4.33. The Balaban J connectivity index is 1.60. The van der Waals surface area contributed by atoms with E-state index in [1.807, 2.05) is 31.2 Å². The number of hydrazone groups is 1. The van der Waals surface area contributed by atoms with Crippen molar-refractivity contribution in [2.45, 2.75) is 51.5 Å². The summed E-state index contributed by atoms with van der Waals surface area (Å²) in [6, 6.07) is 8.29. The highest BCUT2D eigenvalue weighted by molar-refractivity contribution is 8.14. The van der Waals surface area contributed by atoms with Crippen LogP contribution in [0.15, 0.2) is 34.4 Å². The van der Waals surface area contributed by atoms with Crippen LogP contribution in [0.25, 0.3) is 0 Å². The molecule has 1 heterocycles. The molecule has 2 N–H and O–H groups in total. The standard InChI is InChI=1S/C18H24N4OS/c1-2-17(23)19-15-10-8-13(9-11-15)16-12-24-18(22-21-16)20-14-6-4-3-5-7-14/h8-11,14H,2-7,12H2,1H3,(H,19,23)(H,20,22). The van der Waals surface area contributed by atoms with E-state index in [4.69, 9.17) is 4.99 Å². The van der Waals surface area contributed by atoms with Crippen LogP contribution < -0.4 is 10.7 Å². The molecule has 0 spiro atoms. The fourth-order valence-corrected chi connectivity index (χ4v) is 3.74. The predicted octanol–water partition coefficient (Wildman–Crippen LogP) is 3.76. The Morgan fingerprint density at radius 2 is 2.04 bits per heavy atom. The lowest BCUT2D eigenvalue weighted by atomic mass is 9.96. The van der Waals surface area contributed by atoms with Crippen molar-refractivity contribution in [1.29, 1.82) is 0 Å². The predicted molar refractivity (Wildman–Crippen MR) is 102 cm³/mol. The summed E-state index contributed by atoms with van der Waals surface area (Å²) in [4.78, 5) is 16.2. The maximum absolute atomic E-state index is 11.4. The van der Waals surface area contributed by atoms with Gasteiger partial charge in [-0.1, -0.05) is 50.1 Å². The SMILES string of the molecule is CCC(=O)Nc1ccc(C2=NNC(=NC3CCCCC3)SC2)cc1. The van der Waals surface area contributed by atoms with Gasteiger partial charge in [0.2, 0.25) is 5.91 Å². The number of rotatable bonds is 4. The average Bonchev–Trinajstić information content (AvgIpc) is 2.64. The summed E-state index contributed by atoms with van der Waals surface area (Å²) in [5.74, 6) is 0.845. The van der Waals surface area contributed by atoms with Crippen LogP contribution in [0, 0.1) is 0 Å². The third kappa shape index (κ3) is 4.60. The van der Waals surface area contributed by atoms with E-state index in [9.17, 15) is 4.79 Å². The number of carbonyl (C=O) groups is 1. The molecule has 1 aromatic carbocycles. The van der Waals surface area contributed by atoms with Gasteiger partial charge in [0.1, 0.15) is 0 Å². The number of nitrogens with one attached hydrogen (secondary N) is 2. The lowest BCUT2D eigenvalue weighted by Gasteiger charge is -2.21. The van der Waals surface area contributed by atoms with E-state index in [0.29, 0.717) is 12.5 Å². The molecule has 5 nitrogen and oxygen atoms in total. The van der Waals surface area contributed by atoms with Crippen LogP contribution in [-0.2, 0) is 4.79 Å². The van der Waals surface area contributed by atoms with Crippen LogP contribution in [0.4, 0.5) is 5.69 Å². The van der Waals surface area contributed by atoms with Crippen molar-refractivity contribution in [2.24, 2.45) is 10.1 Å². The Labute approximate surface area is 147 Å². The first-order valence-corrected chi connectivity index (χ1v) is 9.66. The lowest BCUT2D eigenvalue weighted by Crippen LogP contribution is -2.27. The number of aliphatic imine (C=N–C) groups is 1. The molecule has 0 unspecified atom stereocenters. The third-order valence-corrected chi connectivity index (χ3v) is 5.22. The van der Waals surface area contributed by atoms with Crippen molar-refractivity contribution in [1.82, 2.24) is 5.43 Å². The molecule has 0 radical (unpaired) electrons. The summed E-state index contributed by atoms with van der Waals surface area (Å²) in [6.07, 6.45) is 6.82. The lowest BCUT2D eigenvalue weighted by molar-refractivity contribution is -0.115. The van der Waals surface area contributed by atoms with Crippen LogP contribution in [0.5, 0.6) is 0 Å². The minimum Gasteiger partial charge on any atom is -0.326 e. The summed E-state index contributed by atoms with van der Waals surface area (Å²) in [6.45, 7) is 1.84. The molecule has 1 aromatic rings. The van der Waals surface area contributed by atoms with Gasteiger partial charge in [0.25, 0.3) is 0 Å². The second kappa shape index (κ2) is 8.33. The van der Waals surface area contributed by atoms with Gasteiger partial charge in [0.05, 0.1) is 11.8 Å². The van der Waals surface area contributed by atoms with Crippen LogP contribution in [0.2, 0.25) is 0 Å². The van der Waals surface area contributed by atoms with E-state index in [1.54, 1.807) is 11.8 Å². The monoisotopic (exact) mass is 344 g/mol. The van der Waals surface area contributed by atoms with E-state index in [-0.39, 0.29) is 5.91 Å². The van der Waals surface area contributed by atoms with E-state index < -0.39 is 0 Å².